The number of benzene rings is 8. The summed E-state index contributed by atoms with van der Waals surface area (Å²) in [5.74, 6) is -0.271. The first-order valence-electron chi connectivity index (χ1n) is 22.2. The van der Waals surface area contributed by atoms with E-state index >= 15 is 4.39 Å². The molecule has 8 aromatic rings. The molecule has 10 rings (SSSR count). The molecule has 0 atom stereocenters. The zero-order valence-electron chi connectivity index (χ0n) is 36.2. The van der Waals surface area contributed by atoms with E-state index in [1.54, 1.807) is 6.07 Å². The topological polar surface area (TPSA) is 3.24 Å². The van der Waals surface area contributed by atoms with Crippen LogP contribution in [0.5, 0.6) is 0 Å². The quantitative estimate of drug-likeness (QED) is 0.131. The van der Waals surface area contributed by atoms with E-state index < -0.39 is 0 Å². The summed E-state index contributed by atoms with van der Waals surface area (Å²) >= 11 is 0. The van der Waals surface area contributed by atoms with Crippen molar-refractivity contribution in [3.8, 4) is 11.1 Å². The van der Waals surface area contributed by atoms with E-state index in [-0.39, 0.29) is 5.82 Å². The van der Waals surface area contributed by atoms with Crippen molar-refractivity contribution in [2.75, 3.05) is 4.90 Å². The molecule has 0 saturated heterocycles. The molecule has 0 spiro atoms. The lowest BCUT2D eigenvalue weighted by molar-refractivity contribution is 0.625. The Balaban J connectivity index is 1.05. The summed E-state index contributed by atoms with van der Waals surface area (Å²) in [4.78, 5) is 2.21. The predicted molar refractivity (Wildman–Crippen MR) is 265 cm³/mol. The number of hydrogen-bond donors (Lipinski definition) is 0. The molecule has 0 amide bonds. The van der Waals surface area contributed by atoms with E-state index in [0.29, 0.717) is 5.56 Å². The monoisotopic (exact) mass is 815 g/mol. The van der Waals surface area contributed by atoms with Crippen LogP contribution in [0, 0.1) is 19.7 Å². The van der Waals surface area contributed by atoms with Crippen molar-refractivity contribution in [1.29, 1.82) is 0 Å². The number of fused-ring (bicyclic) bond motifs is 4. The molecule has 0 heterocycles. The Labute approximate surface area is 371 Å². The van der Waals surface area contributed by atoms with Crippen LogP contribution in [0.2, 0.25) is 0 Å². The highest BCUT2D eigenvalue weighted by atomic mass is 19.1. The first-order valence-corrected chi connectivity index (χ1v) is 22.2. The second-order valence-corrected chi connectivity index (χ2v) is 17.1. The van der Waals surface area contributed by atoms with Gasteiger partial charge in [-0.1, -0.05) is 169 Å². The van der Waals surface area contributed by atoms with Gasteiger partial charge in [0.15, 0.2) is 0 Å². The summed E-state index contributed by atoms with van der Waals surface area (Å²) in [6, 6.07) is 66.5. The molecule has 0 aliphatic heterocycles. The Morgan fingerprint density at radius 3 is 1.59 bits per heavy atom. The largest absolute Gasteiger partial charge is 0.310 e. The Hall–Kier alpha value is -7.29. The third-order valence-corrected chi connectivity index (χ3v) is 12.9. The zero-order valence-corrected chi connectivity index (χ0v) is 36.2. The number of nitrogens with zero attached hydrogens (tertiary/aromatic N) is 1. The summed E-state index contributed by atoms with van der Waals surface area (Å²) in [6.07, 6.45) is 8.61. The summed E-state index contributed by atoms with van der Waals surface area (Å²) in [5.41, 5.74) is 22.7. The number of allylic oxidation sites excluding steroid dienone is 3. The maximum atomic E-state index is 16.8. The van der Waals surface area contributed by atoms with Gasteiger partial charge in [-0.2, -0.15) is 0 Å². The molecule has 63 heavy (non-hydrogen) atoms. The van der Waals surface area contributed by atoms with Crippen molar-refractivity contribution in [3.63, 3.8) is 0 Å². The van der Waals surface area contributed by atoms with E-state index in [1.807, 2.05) is 18.2 Å². The molecule has 0 N–H and O–H groups in total. The van der Waals surface area contributed by atoms with Crippen molar-refractivity contribution in [3.05, 3.63) is 261 Å². The van der Waals surface area contributed by atoms with E-state index in [2.05, 4.69) is 202 Å². The molecule has 1 nitrogen and oxygen atoms in total. The van der Waals surface area contributed by atoms with Crippen LogP contribution in [0.25, 0.3) is 39.5 Å². The zero-order chi connectivity index (χ0) is 42.9. The van der Waals surface area contributed by atoms with Crippen LogP contribution in [0.4, 0.5) is 21.5 Å². The van der Waals surface area contributed by atoms with E-state index in [1.165, 1.54) is 79.6 Å². The molecule has 0 saturated carbocycles. The van der Waals surface area contributed by atoms with Gasteiger partial charge in [-0.15, -0.1) is 0 Å². The maximum Gasteiger partial charge on any atom is 0.132 e. The smallest absolute Gasteiger partial charge is 0.132 e. The number of aryl methyl sites for hydroxylation is 4. The number of anilines is 3. The van der Waals surface area contributed by atoms with Gasteiger partial charge < -0.3 is 4.90 Å². The molecule has 2 aliphatic carbocycles. The van der Waals surface area contributed by atoms with Gasteiger partial charge in [0, 0.05) is 22.6 Å². The normalized spacial score (nSPS) is 12.7. The highest BCUT2D eigenvalue weighted by Crippen LogP contribution is 2.48. The Morgan fingerprint density at radius 1 is 0.476 bits per heavy atom. The van der Waals surface area contributed by atoms with E-state index in [4.69, 9.17) is 0 Å². The van der Waals surface area contributed by atoms with Crippen LogP contribution >= 0.6 is 0 Å². The minimum absolute atomic E-state index is 0.271. The van der Waals surface area contributed by atoms with Crippen LogP contribution in [0.3, 0.4) is 0 Å². The highest BCUT2D eigenvalue weighted by Gasteiger charge is 2.26. The highest BCUT2D eigenvalue weighted by molar-refractivity contribution is 6.13. The van der Waals surface area contributed by atoms with E-state index in [0.717, 1.165) is 52.2 Å². The molecule has 0 bridgehead atoms. The van der Waals surface area contributed by atoms with Gasteiger partial charge >= 0.3 is 0 Å². The van der Waals surface area contributed by atoms with Crippen molar-refractivity contribution < 1.29 is 4.39 Å². The van der Waals surface area contributed by atoms with Gasteiger partial charge in [0.05, 0.1) is 0 Å². The molecular formula is C61H50FN. The van der Waals surface area contributed by atoms with Gasteiger partial charge in [0.25, 0.3) is 0 Å². The van der Waals surface area contributed by atoms with Gasteiger partial charge in [0.1, 0.15) is 5.82 Å². The van der Waals surface area contributed by atoms with Crippen LogP contribution in [0.1, 0.15) is 81.0 Å². The second kappa shape index (κ2) is 17.2. The fourth-order valence-corrected chi connectivity index (χ4v) is 9.56. The fraction of sp³-hybridized carbons (Fsp3) is 0.115. The molecule has 306 valence electrons. The molecule has 2 heteroatoms. The summed E-state index contributed by atoms with van der Waals surface area (Å²) in [5, 5.41) is 0. The second-order valence-electron chi connectivity index (χ2n) is 17.1. The molecule has 0 fully saturated rings. The lowest BCUT2D eigenvalue weighted by atomic mass is 9.89. The average Bonchev–Trinajstić information content (AvgIpc) is 3.65. The molecule has 8 aromatic carbocycles. The number of halogens is 1. The van der Waals surface area contributed by atoms with Gasteiger partial charge in [-0.3, -0.25) is 0 Å². The van der Waals surface area contributed by atoms with Gasteiger partial charge in [-0.05, 0) is 167 Å². The summed E-state index contributed by atoms with van der Waals surface area (Å²) in [7, 11) is 0. The minimum atomic E-state index is -0.271. The Bertz CT molecular complexity index is 2960. The lowest BCUT2D eigenvalue weighted by Crippen LogP contribution is -2.12. The van der Waals surface area contributed by atoms with Crippen LogP contribution in [0.15, 0.2) is 194 Å². The van der Waals surface area contributed by atoms with Crippen molar-refractivity contribution in [1.82, 2.24) is 0 Å². The third-order valence-electron chi connectivity index (χ3n) is 12.9. The SMILES string of the molecule is CC(=C(c1ccc(C)cc1)c1ccc(C)cc1)c1ccc(N(c2ccc(/C=C/C(=C3c4ccccc4-c4ccccc43)c3ccccc3)c(F)c2)c2ccc3c(c2)CCCC3)cc1. The average molecular weight is 816 g/mol. The van der Waals surface area contributed by atoms with Crippen molar-refractivity contribution in [2.24, 2.45) is 0 Å². The predicted octanol–water partition coefficient (Wildman–Crippen LogP) is 16.4. The maximum absolute atomic E-state index is 16.8. The van der Waals surface area contributed by atoms with Gasteiger partial charge in [-0.25, -0.2) is 4.39 Å². The summed E-state index contributed by atoms with van der Waals surface area (Å²) < 4.78 is 16.8. The molecule has 0 radical (unpaired) electrons. The molecule has 0 unspecified atom stereocenters. The summed E-state index contributed by atoms with van der Waals surface area (Å²) in [6.45, 7) is 6.48. The minimum Gasteiger partial charge on any atom is -0.310 e. The molecular weight excluding hydrogens is 766 g/mol. The Morgan fingerprint density at radius 2 is 0.984 bits per heavy atom. The third kappa shape index (κ3) is 7.90. The fourth-order valence-electron chi connectivity index (χ4n) is 9.56. The molecule has 2 aliphatic rings. The van der Waals surface area contributed by atoms with E-state index in [9.17, 15) is 0 Å². The number of rotatable bonds is 9. The standard InChI is InChI=1S/C61H50FN/c1-41-21-25-48(26-22-41)60(49-27-23-42(2)24-28-49)43(3)44-29-34-51(35-30-44)63(52-36-31-45-13-7-8-16-50(45)39-52)53-37-32-47(59(62)40-53)33-38-54(46-14-5-4-6-15-46)61-57-19-11-9-17-55(57)56-18-10-12-20-58(56)61/h4-6,9-12,14-15,17-40H,7-8,13,16H2,1-3H3/b38-33+. The Kier molecular flexibility index (Phi) is 10.9. The van der Waals surface area contributed by atoms with Crippen LogP contribution in [-0.4, -0.2) is 0 Å². The number of hydrogen-bond acceptors (Lipinski definition) is 1. The first-order chi connectivity index (χ1) is 30.9. The lowest BCUT2D eigenvalue weighted by Gasteiger charge is -2.28. The van der Waals surface area contributed by atoms with Gasteiger partial charge in [0.2, 0.25) is 0 Å². The van der Waals surface area contributed by atoms with Crippen molar-refractivity contribution in [2.45, 2.75) is 46.5 Å². The first kappa shape index (κ1) is 39.8. The van der Waals surface area contributed by atoms with Crippen LogP contribution in [-0.2, 0) is 12.8 Å². The van der Waals surface area contributed by atoms with Crippen molar-refractivity contribution >= 4 is 45.4 Å². The van der Waals surface area contributed by atoms with Crippen LogP contribution < -0.4 is 4.90 Å². The molecule has 0 aromatic heterocycles.